The first kappa shape index (κ1) is 6.94. The molecule has 0 spiro atoms. The molecule has 10 heavy (non-hydrogen) atoms. The van der Waals surface area contributed by atoms with Gasteiger partial charge in [-0.3, -0.25) is 0 Å². The number of primary amides is 1. The number of nitrogens with zero attached hydrogens (tertiary/aromatic N) is 2. The molecule has 6 heteroatoms. The first-order chi connectivity index (χ1) is 4.72. The molecule has 0 radical (unpaired) electrons. The number of amides is 2. The first-order valence-electron chi connectivity index (χ1n) is 2.49. The van der Waals surface area contributed by atoms with Gasteiger partial charge in [0.15, 0.2) is 5.82 Å². The van der Waals surface area contributed by atoms with Crippen LogP contribution in [0.25, 0.3) is 0 Å². The van der Waals surface area contributed by atoms with Crippen LogP contribution in [-0.2, 0) is 0 Å². The number of nitrogens with one attached hydrogen (secondary N) is 1. The van der Waals surface area contributed by atoms with E-state index in [-0.39, 0.29) is 0 Å². The van der Waals surface area contributed by atoms with E-state index >= 15 is 0 Å². The van der Waals surface area contributed by atoms with Crippen LogP contribution in [0.2, 0.25) is 0 Å². The van der Waals surface area contributed by atoms with Gasteiger partial charge in [-0.25, -0.2) is 14.1 Å². The Labute approximate surface area is 62.8 Å². The molecular formula is C4H6N4OS. The van der Waals surface area contributed by atoms with Crippen LogP contribution in [0.3, 0.4) is 0 Å². The van der Waals surface area contributed by atoms with Gasteiger partial charge in [0, 0.05) is 6.20 Å². The van der Waals surface area contributed by atoms with Gasteiger partial charge < -0.3 is 10.7 Å². The van der Waals surface area contributed by atoms with Gasteiger partial charge >= 0.3 is 6.03 Å². The quantitative estimate of drug-likeness (QED) is 0.508. The molecule has 0 aliphatic carbocycles. The summed E-state index contributed by atoms with van der Waals surface area (Å²) in [6.07, 6.45) is 2.94. The second kappa shape index (κ2) is 2.61. The number of hydrogen-bond acceptors (Lipinski definition) is 3. The van der Waals surface area contributed by atoms with Crippen LogP contribution < -0.4 is 10.0 Å². The summed E-state index contributed by atoms with van der Waals surface area (Å²) in [5.74, 6) is 0.385. The standard InChI is InChI=1S/C4H6N4OS/c5-4(9)8(10)3-1-6-2-7-3/h1-2,10H,(H2,5,9)(H,6,7). The van der Waals surface area contributed by atoms with Crippen molar-refractivity contribution in [3.8, 4) is 0 Å². The lowest BCUT2D eigenvalue weighted by atomic mass is 10.7. The summed E-state index contributed by atoms with van der Waals surface area (Å²) in [5.41, 5.74) is 4.88. The zero-order valence-electron chi connectivity index (χ0n) is 4.98. The highest BCUT2D eigenvalue weighted by atomic mass is 32.1. The lowest BCUT2D eigenvalue weighted by Gasteiger charge is -2.06. The third-order valence-electron chi connectivity index (χ3n) is 0.910. The van der Waals surface area contributed by atoms with Crippen LogP contribution in [-0.4, -0.2) is 16.0 Å². The molecular weight excluding hydrogens is 152 g/mol. The first-order valence-corrected chi connectivity index (χ1v) is 2.89. The van der Waals surface area contributed by atoms with Crippen LogP contribution in [0.5, 0.6) is 0 Å². The SMILES string of the molecule is NC(=O)N(S)c1c[nH]cn1. The molecule has 0 atom stereocenters. The largest absolute Gasteiger partial charge is 0.350 e. The number of carbonyl (C=O) groups is 1. The number of carbonyl (C=O) groups excluding carboxylic acids is 1. The maximum absolute atomic E-state index is 10.4. The zero-order chi connectivity index (χ0) is 7.56. The third-order valence-corrected chi connectivity index (χ3v) is 1.31. The Hall–Kier alpha value is -1.17. The van der Waals surface area contributed by atoms with E-state index in [9.17, 15) is 4.79 Å². The van der Waals surface area contributed by atoms with E-state index in [0.717, 1.165) is 4.31 Å². The van der Waals surface area contributed by atoms with E-state index in [4.69, 9.17) is 5.73 Å². The zero-order valence-corrected chi connectivity index (χ0v) is 5.88. The topological polar surface area (TPSA) is 75.0 Å². The molecule has 0 aromatic carbocycles. The summed E-state index contributed by atoms with van der Waals surface area (Å²) in [4.78, 5) is 16.8. The predicted molar refractivity (Wildman–Crippen MR) is 39.6 cm³/mol. The Morgan fingerprint density at radius 2 is 2.60 bits per heavy atom. The van der Waals surface area contributed by atoms with Crippen molar-refractivity contribution < 1.29 is 4.79 Å². The monoisotopic (exact) mass is 158 g/mol. The summed E-state index contributed by atoms with van der Waals surface area (Å²) < 4.78 is 0.941. The molecule has 1 aromatic heterocycles. The van der Waals surface area contributed by atoms with Gasteiger partial charge in [-0.05, 0) is 0 Å². The molecule has 1 rings (SSSR count). The van der Waals surface area contributed by atoms with Gasteiger partial charge in [0.1, 0.15) is 0 Å². The van der Waals surface area contributed by atoms with Crippen LogP contribution in [0.4, 0.5) is 10.6 Å². The van der Waals surface area contributed by atoms with Crippen molar-refractivity contribution in [3.63, 3.8) is 0 Å². The van der Waals surface area contributed by atoms with Crippen molar-refractivity contribution >= 4 is 24.7 Å². The van der Waals surface area contributed by atoms with Crippen LogP contribution in [0.1, 0.15) is 0 Å². The summed E-state index contributed by atoms with van der Waals surface area (Å²) in [6.45, 7) is 0. The number of urea groups is 1. The second-order valence-electron chi connectivity index (χ2n) is 1.58. The van der Waals surface area contributed by atoms with Gasteiger partial charge in [-0.1, -0.05) is 12.8 Å². The summed E-state index contributed by atoms with van der Waals surface area (Å²) >= 11 is 3.76. The number of rotatable bonds is 1. The maximum atomic E-state index is 10.4. The van der Waals surface area contributed by atoms with E-state index in [1.807, 2.05) is 0 Å². The molecule has 54 valence electrons. The van der Waals surface area contributed by atoms with Crippen molar-refractivity contribution in [2.45, 2.75) is 0 Å². The van der Waals surface area contributed by atoms with E-state index in [1.165, 1.54) is 12.5 Å². The molecule has 2 amide bonds. The highest BCUT2D eigenvalue weighted by Crippen LogP contribution is 2.08. The highest BCUT2D eigenvalue weighted by molar-refractivity contribution is 7.82. The van der Waals surface area contributed by atoms with Crippen molar-refractivity contribution in [2.24, 2.45) is 5.73 Å². The molecule has 1 heterocycles. The maximum Gasteiger partial charge on any atom is 0.330 e. The second-order valence-corrected chi connectivity index (χ2v) is 1.98. The van der Waals surface area contributed by atoms with E-state index < -0.39 is 6.03 Å². The van der Waals surface area contributed by atoms with Crippen molar-refractivity contribution in [1.82, 2.24) is 9.97 Å². The number of hydrogen-bond donors (Lipinski definition) is 3. The van der Waals surface area contributed by atoms with Crippen LogP contribution in [0, 0.1) is 0 Å². The molecule has 0 aliphatic heterocycles. The molecule has 0 unspecified atom stereocenters. The Bertz CT molecular complexity index is 221. The third kappa shape index (κ3) is 1.21. The molecule has 0 fully saturated rings. The Morgan fingerprint density at radius 1 is 1.90 bits per heavy atom. The van der Waals surface area contributed by atoms with E-state index in [2.05, 4.69) is 22.8 Å². The fourth-order valence-corrected chi connectivity index (χ4v) is 0.591. The molecule has 0 saturated carbocycles. The fraction of sp³-hybridized carbons (Fsp3) is 0. The number of imidazole rings is 1. The average molecular weight is 158 g/mol. The van der Waals surface area contributed by atoms with Gasteiger partial charge in [-0.15, -0.1) is 0 Å². The average Bonchev–Trinajstić information content (AvgIpc) is 2.36. The summed E-state index contributed by atoms with van der Waals surface area (Å²) in [7, 11) is 0. The Kier molecular flexibility index (Phi) is 1.81. The van der Waals surface area contributed by atoms with Crippen LogP contribution in [0.15, 0.2) is 12.5 Å². The smallest absolute Gasteiger partial charge is 0.330 e. The number of H-pyrrole nitrogens is 1. The fourth-order valence-electron chi connectivity index (χ4n) is 0.481. The number of nitrogens with two attached hydrogens (primary N) is 1. The number of anilines is 1. The normalized spacial score (nSPS) is 9.30. The number of aromatic nitrogens is 2. The van der Waals surface area contributed by atoms with Gasteiger partial charge in [0.2, 0.25) is 0 Å². The van der Waals surface area contributed by atoms with Crippen molar-refractivity contribution in [2.75, 3.05) is 4.31 Å². The van der Waals surface area contributed by atoms with Crippen LogP contribution >= 0.6 is 12.8 Å². The minimum Gasteiger partial charge on any atom is -0.350 e. The minimum absolute atomic E-state index is 0.385. The summed E-state index contributed by atoms with van der Waals surface area (Å²) in [6, 6.07) is -0.657. The molecule has 3 N–H and O–H groups in total. The molecule has 1 aromatic rings. The molecule has 0 aliphatic rings. The Balaban J connectivity index is 2.77. The van der Waals surface area contributed by atoms with E-state index in [1.54, 1.807) is 0 Å². The number of thiol groups is 1. The minimum atomic E-state index is -0.657. The molecule has 5 nitrogen and oxygen atoms in total. The lowest BCUT2D eigenvalue weighted by molar-refractivity contribution is 0.257. The summed E-state index contributed by atoms with van der Waals surface area (Å²) in [5, 5.41) is 0. The van der Waals surface area contributed by atoms with E-state index in [0.29, 0.717) is 5.82 Å². The van der Waals surface area contributed by atoms with Gasteiger partial charge in [0.25, 0.3) is 0 Å². The Morgan fingerprint density at radius 3 is 3.00 bits per heavy atom. The number of aromatic amines is 1. The highest BCUT2D eigenvalue weighted by Gasteiger charge is 2.07. The lowest BCUT2D eigenvalue weighted by Crippen LogP contribution is -2.27. The molecule has 0 bridgehead atoms. The van der Waals surface area contributed by atoms with Gasteiger partial charge in [-0.2, -0.15) is 0 Å². The molecule has 0 saturated heterocycles. The van der Waals surface area contributed by atoms with Crippen molar-refractivity contribution in [1.29, 1.82) is 0 Å². The van der Waals surface area contributed by atoms with Gasteiger partial charge in [0.05, 0.1) is 6.33 Å². The van der Waals surface area contributed by atoms with Crippen molar-refractivity contribution in [3.05, 3.63) is 12.5 Å². The predicted octanol–water partition coefficient (Wildman–Crippen LogP) is 0.140.